The van der Waals surface area contributed by atoms with Crippen LogP contribution in [0.25, 0.3) is 0 Å². The van der Waals surface area contributed by atoms with E-state index in [4.69, 9.17) is 17.3 Å². The van der Waals surface area contributed by atoms with Gasteiger partial charge in [0.1, 0.15) is 11.5 Å². The molecule has 0 saturated heterocycles. The number of nitrogens with two attached hydrogens (primary N) is 1. The lowest BCUT2D eigenvalue weighted by molar-refractivity contribution is 0.145. The fraction of sp³-hybridized carbons (Fsp3) is 0.375. The zero-order chi connectivity index (χ0) is 10.0. The van der Waals surface area contributed by atoms with Gasteiger partial charge < -0.3 is 5.73 Å². The predicted molar refractivity (Wildman–Crippen MR) is 47.9 cm³/mol. The molecule has 1 heterocycles. The lowest BCUT2D eigenvalue weighted by Gasteiger charge is -2.08. The van der Waals surface area contributed by atoms with E-state index in [0.717, 1.165) is 0 Å². The van der Waals surface area contributed by atoms with Crippen LogP contribution in [-0.4, -0.2) is 4.98 Å². The molecule has 1 aromatic heterocycles. The molecule has 0 atom stereocenters. The third kappa shape index (κ3) is 2.06. The van der Waals surface area contributed by atoms with Crippen molar-refractivity contribution in [2.24, 2.45) is 0 Å². The molecule has 1 aromatic rings. The maximum Gasteiger partial charge on any atom is 0.280 e. The normalized spacial score (nSPS) is 10.8. The average molecular weight is 207 g/mol. The van der Waals surface area contributed by atoms with Crippen molar-refractivity contribution in [3.05, 3.63) is 22.9 Å². The van der Waals surface area contributed by atoms with Crippen molar-refractivity contribution in [1.29, 1.82) is 0 Å². The molecule has 2 nitrogen and oxygen atoms in total. The Labute approximate surface area is 79.7 Å². The van der Waals surface area contributed by atoms with Gasteiger partial charge in [-0.1, -0.05) is 0 Å². The Morgan fingerprint density at radius 3 is 2.69 bits per heavy atom. The molecule has 0 fully saturated rings. The molecule has 0 radical (unpaired) electrons. The second-order valence-corrected chi connectivity index (χ2v) is 2.94. The van der Waals surface area contributed by atoms with Gasteiger partial charge >= 0.3 is 0 Å². The number of rotatable bonds is 2. The first-order chi connectivity index (χ1) is 6.06. The summed E-state index contributed by atoms with van der Waals surface area (Å²) >= 11 is 5.49. The standard InChI is InChI=1S/C8H9ClF2N2/c1-4-2-5(3-9)6(7(10)11)13-8(4)12/h2,7H,3H2,1H3,(H2,12,13). The van der Waals surface area contributed by atoms with Crippen LogP contribution >= 0.6 is 11.6 Å². The van der Waals surface area contributed by atoms with E-state index < -0.39 is 6.43 Å². The van der Waals surface area contributed by atoms with Crippen LogP contribution in [0, 0.1) is 6.92 Å². The van der Waals surface area contributed by atoms with Crippen LogP contribution < -0.4 is 5.73 Å². The zero-order valence-electron chi connectivity index (χ0n) is 7.02. The Hall–Kier alpha value is -0.900. The quantitative estimate of drug-likeness (QED) is 0.756. The molecule has 0 aliphatic carbocycles. The summed E-state index contributed by atoms with van der Waals surface area (Å²) in [6, 6.07) is 1.54. The third-order valence-corrected chi connectivity index (χ3v) is 2.00. The molecule has 2 N–H and O–H groups in total. The van der Waals surface area contributed by atoms with E-state index in [1.54, 1.807) is 6.92 Å². The predicted octanol–water partition coefficient (Wildman–Crippen LogP) is 2.65. The number of anilines is 1. The van der Waals surface area contributed by atoms with E-state index in [9.17, 15) is 8.78 Å². The lowest BCUT2D eigenvalue weighted by Crippen LogP contribution is -2.03. The molecule has 0 unspecified atom stereocenters. The second kappa shape index (κ2) is 3.87. The van der Waals surface area contributed by atoms with E-state index in [2.05, 4.69) is 4.98 Å². The van der Waals surface area contributed by atoms with Crippen molar-refractivity contribution in [1.82, 2.24) is 4.98 Å². The van der Waals surface area contributed by atoms with E-state index in [1.165, 1.54) is 6.07 Å². The van der Waals surface area contributed by atoms with E-state index >= 15 is 0 Å². The van der Waals surface area contributed by atoms with E-state index in [0.29, 0.717) is 11.1 Å². The van der Waals surface area contributed by atoms with Crippen molar-refractivity contribution in [2.75, 3.05) is 5.73 Å². The summed E-state index contributed by atoms with van der Waals surface area (Å²) in [5.74, 6) is 0.150. The molecule has 0 spiro atoms. The molecule has 0 bridgehead atoms. The van der Waals surface area contributed by atoms with Gasteiger partial charge in [0, 0.05) is 5.88 Å². The molecule has 0 aliphatic rings. The number of nitrogens with zero attached hydrogens (tertiary/aromatic N) is 1. The number of aryl methyl sites for hydroxylation is 1. The molecular weight excluding hydrogens is 198 g/mol. The summed E-state index contributed by atoms with van der Waals surface area (Å²) in [5, 5.41) is 0. The Kier molecular flexibility index (Phi) is 3.03. The molecule has 13 heavy (non-hydrogen) atoms. The number of alkyl halides is 3. The number of halogens is 3. The third-order valence-electron chi connectivity index (χ3n) is 1.72. The Morgan fingerprint density at radius 2 is 2.23 bits per heavy atom. The van der Waals surface area contributed by atoms with Gasteiger partial charge in [-0.15, -0.1) is 11.6 Å². The van der Waals surface area contributed by atoms with Crippen molar-refractivity contribution < 1.29 is 8.78 Å². The molecular formula is C8H9ClF2N2. The molecule has 0 amide bonds. The Bertz CT molecular complexity index is 315. The van der Waals surface area contributed by atoms with Gasteiger partial charge in [0.2, 0.25) is 0 Å². The van der Waals surface area contributed by atoms with Crippen molar-refractivity contribution in [3.63, 3.8) is 0 Å². The highest BCUT2D eigenvalue weighted by Gasteiger charge is 2.15. The topological polar surface area (TPSA) is 38.9 Å². The van der Waals surface area contributed by atoms with Gasteiger partial charge in [0.05, 0.1) is 0 Å². The minimum absolute atomic E-state index is 0.0216. The summed E-state index contributed by atoms with van der Waals surface area (Å²) in [5.41, 5.74) is 6.08. The molecule has 72 valence electrons. The summed E-state index contributed by atoms with van der Waals surface area (Å²) in [7, 11) is 0. The van der Waals surface area contributed by atoms with Gasteiger partial charge in [-0.3, -0.25) is 0 Å². The summed E-state index contributed by atoms with van der Waals surface area (Å²) < 4.78 is 24.7. The zero-order valence-corrected chi connectivity index (χ0v) is 7.78. The fourth-order valence-corrected chi connectivity index (χ4v) is 1.21. The number of pyridine rings is 1. The first-order valence-corrected chi connectivity index (χ1v) is 4.19. The maximum atomic E-state index is 12.3. The maximum absolute atomic E-state index is 12.3. The highest BCUT2D eigenvalue weighted by atomic mass is 35.5. The fourth-order valence-electron chi connectivity index (χ4n) is 0.995. The smallest absolute Gasteiger partial charge is 0.280 e. The van der Waals surface area contributed by atoms with Crippen LogP contribution in [0.5, 0.6) is 0 Å². The van der Waals surface area contributed by atoms with Crippen LogP contribution in [0.4, 0.5) is 14.6 Å². The number of hydrogen-bond donors (Lipinski definition) is 1. The lowest BCUT2D eigenvalue weighted by atomic mass is 10.1. The van der Waals surface area contributed by atoms with Gasteiger partial charge in [-0.25, -0.2) is 13.8 Å². The number of hydrogen-bond acceptors (Lipinski definition) is 2. The summed E-state index contributed by atoms with van der Waals surface area (Å²) in [6.45, 7) is 1.70. The van der Waals surface area contributed by atoms with Gasteiger partial charge in [-0.2, -0.15) is 0 Å². The minimum atomic E-state index is -2.63. The van der Waals surface area contributed by atoms with E-state index in [1.807, 2.05) is 0 Å². The first kappa shape index (κ1) is 10.2. The SMILES string of the molecule is Cc1cc(CCl)c(C(F)F)nc1N. The monoisotopic (exact) mass is 206 g/mol. The molecule has 0 aliphatic heterocycles. The summed E-state index contributed by atoms with van der Waals surface area (Å²) in [6.07, 6.45) is -2.63. The molecule has 0 saturated carbocycles. The van der Waals surface area contributed by atoms with E-state index in [-0.39, 0.29) is 17.4 Å². The highest BCUT2D eigenvalue weighted by Crippen LogP contribution is 2.25. The molecule has 5 heteroatoms. The van der Waals surface area contributed by atoms with Crippen molar-refractivity contribution >= 4 is 17.4 Å². The van der Waals surface area contributed by atoms with Crippen LogP contribution in [0.15, 0.2) is 6.07 Å². The average Bonchev–Trinajstić information content (AvgIpc) is 2.08. The molecule has 1 rings (SSSR count). The second-order valence-electron chi connectivity index (χ2n) is 2.67. The first-order valence-electron chi connectivity index (χ1n) is 3.66. The van der Waals surface area contributed by atoms with Crippen LogP contribution in [0.3, 0.4) is 0 Å². The minimum Gasteiger partial charge on any atom is -0.383 e. The highest BCUT2D eigenvalue weighted by molar-refractivity contribution is 6.17. The van der Waals surface area contributed by atoms with Crippen molar-refractivity contribution in [3.8, 4) is 0 Å². The van der Waals surface area contributed by atoms with Gasteiger partial charge in [0.15, 0.2) is 0 Å². The number of aromatic nitrogens is 1. The van der Waals surface area contributed by atoms with Crippen molar-refractivity contribution in [2.45, 2.75) is 19.2 Å². The van der Waals surface area contributed by atoms with Gasteiger partial charge in [-0.05, 0) is 24.1 Å². The summed E-state index contributed by atoms with van der Waals surface area (Å²) in [4.78, 5) is 3.59. The molecule has 0 aromatic carbocycles. The number of nitrogen functional groups attached to an aromatic ring is 1. The van der Waals surface area contributed by atoms with Gasteiger partial charge in [0.25, 0.3) is 6.43 Å². The van der Waals surface area contributed by atoms with Crippen LogP contribution in [0.2, 0.25) is 0 Å². The van der Waals surface area contributed by atoms with Crippen LogP contribution in [0.1, 0.15) is 23.2 Å². The Balaban J connectivity index is 3.25. The Morgan fingerprint density at radius 1 is 1.62 bits per heavy atom. The largest absolute Gasteiger partial charge is 0.383 e. The van der Waals surface area contributed by atoms with Crippen LogP contribution in [-0.2, 0) is 5.88 Å².